The van der Waals surface area contributed by atoms with Crippen LogP contribution in [0.2, 0.25) is 0 Å². The van der Waals surface area contributed by atoms with Crippen molar-refractivity contribution in [2.45, 2.75) is 39.0 Å². The highest BCUT2D eigenvalue weighted by atomic mass is 16.5. The molecule has 2 N–H and O–H groups in total. The molecular formula is C20H33N3O2. The van der Waals surface area contributed by atoms with E-state index < -0.39 is 0 Å². The van der Waals surface area contributed by atoms with Crippen molar-refractivity contribution in [1.29, 1.82) is 0 Å². The van der Waals surface area contributed by atoms with Gasteiger partial charge in [0.2, 0.25) is 0 Å². The number of nitrogens with zero attached hydrogens (tertiary/aromatic N) is 2. The first-order valence-corrected chi connectivity index (χ1v) is 9.40. The maximum atomic E-state index is 12.3. The molecule has 1 heterocycles. The van der Waals surface area contributed by atoms with E-state index >= 15 is 0 Å². The first kappa shape index (κ1) is 19.7. The number of nitrogens with two attached hydrogens (primary N) is 1. The number of hydrogen-bond acceptors (Lipinski definition) is 4. The Hall–Kier alpha value is -1.59. The van der Waals surface area contributed by atoms with Crippen LogP contribution in [0.3, 0.4) is 0 Å². The number of carbonyl (C=O) groups is 1. The summed E-state index contributed by atoms with van der Waals surface area (Å²) in [7, 11) is 0. The summed E-state index contributed by atoms with van der Waals surface area (Å²) < 4.78 is 5.69. The third-order valence-electron chi connectivity index (χ3n) is 5.29. The minimum Gasteiger partial charge on any atom is -0.484 e. The molecule has 25 heavy (non-hydrogen) atoms. The molecule has 0 saturated carbocycles. The topological polar surface area (TPSA) is 58.8 Å². The molecular weight excluding hydrogens is 314 g/mol. The number of piperazine rings is 1. The van der Waals surface area contributed by atoms with Crippen LogP contribution < -0.4 is 10.5 Å². The first-order chi connectivity index (χ1) is 12.0. The molecule has 0 spiro atoms. The zero-order valence-electron chi connectivity index (χ0n) is 16.0. The molecule has 5 nitrogen and oxygen atoms in total. The zero-order chi connectivity index (χ0) is 18.3. The van der Waals surface area contributed by atoms with E-state index in [1.807, 2.05) is 17.0 Å². The Morgan fingerprint density at radius 3 is 2.36 bits per heavy atom. The lowest BCUT2D eigenvalue weighted by Gasteiger charge is -2.34. The minimum absolute atomic E-state index is 0.0661. The third kappa shape index (κ3) is 5.72. The molecule has 1 aliphatic rings. The van der Waals surface area contributed by atoms with E-state index in [0.29, 0.717) is 0 Å². The molecule has 0 radical (unpaired) electrons. The number of rotatable bonds is 8. The van der Waals surface area contributed by atoms with E-state index in [0.717, 1.165) is 57.9 Å². The second-order valence-electron chi connectivity index (χ2n) is 7.42. The van der Waals surface area contributed by atoms with Gasteiger partial charge in [0.1, 0.15) is 5.75 Å². The van der Waals surface area contributed by atoms with Crippen LogP contribution >= 0.6 is 0 Å². The second-order valence-corrected chi connectivity index (χ2v) is 7.42. The van der Waals surface area contributed by atoms with E-state index in [2.05, 4.69) is 37.8 Å². The molecule has 0 aromatic heterocycles. The van der Waals surface area contributed by atoms with Crippen molar-refractivity contribution in [3.8, 4) is 5.75 Å². The zero-order valence-corrected chi connectivity index (χ0v) is 16.0. The Morgan fingerprint density at radius 2 is 1.80 bits per heavy atom. The molecule has 1 fully saturated rings. The highest BCUT2D eigenvalue weighted by Crippen LogP contribution is 2.28. The maximum Gasteiger partial charge on any atom is 0.260 e. The van der Waals surface area contributed by atoms with Crippen molar-refractivity contribution in [1.82, 2.24) is 9.80 Å². The standard InChI is InChI=1S/C20H33N3O2/c1-4-20(2,3)17-6-8-18(9-7-17)25-16-19(24)23-14-12-22(13-15-23)11-5-10-21/h6-9H,4-5,10-16,21H2,1-3H3. The maximum absolute atomic E-state index is 12.3. The fourth-order valence-corrected chi connectivity index (χ4v) is 2.98. The molecule has 1 aliphatic heterocycles. The van der Waals surface area contributed by atoms with Gasteiger partial charge in [-0.25, -0.2) is 0 Å². The lowest BCUT2D eigenvalue weighted by molar-refractivity contribution is -0.135. The van der Waals surface area contributed by atoms with E-state index in [4.69, 9.17) is 10.5 Å². The lowest BCUT2D eigenvalue weighted by atomic mass is 9.82. The molecule has 5 heteroatoms. The summed E-state index contributed by atoms with van der Waals surface area (Å²) in [6.45, 7) is 11.9. The first-order valence-electron chi connectivity index (χ1n) is 9.40. The van der Waals surface area contributed by atoms with E-state index in [9.17, 15) is 4.79 Å². The van der Waals surface area contributed by atoms with Gasteiger partial charge in [-0.3, -0.25) is 9.69 Å². The summed E-state index contributed by atoms with van der Waals surface area (Å²) in [5.41, 5.74) is 7.01. The Morgan fingerprint density at radius 1 is 1.16 bits per heavy atom. The summed E-state index contributed by atoms with van der Waals surface area (Å²) >= 11 is 0. The number of hydrogen-bond donors (Lipinski definition) is 1. The average Bonchev–Trinajstić information content (AvgIpc) is 2.65. The number of carbonyl (C=O) groups excluding carboxylic acids is 1. The third-order valence-corrected chi connectivity index (χ3v) is 5.29. The second kappa shape index (κ2) is 9.20. The summed E-state index contributed by atoms with van der Waals surface area (Å²) in [6, 6.07) is 8.12. The van der Waals surface area contributed by atoms with Crippen molar-refractivity contribution in [3.63, 3.8) is 0 Å². The van der Waals surface area contributed by atoms with Gasteiger partial charge in [0.05, 0.1) is 0 Å². The van der Waals surface area contributed by atoms with Gasteiger partial charge in [0.15, 0.2) is 6.61 Å². The molecule has 1 aromatic carbocycles. The van der Waals surface area contributed by atoms with Crippen LogP contribution in [0, 0.1) is 0 Å². The molecule has 0 aliphatic carbocycles. The van der Waals surface area contributed by atoms with Crippen molar-refractivity contribution in [2.24, 2.45) is 5.73 Å². The van der Waals surface area contributed by atoms with E-state index in [1.165, 1.54) is 5.56 Å². The van der Waals surface area contributed by atoms with Gasteiger partial charge in [0, 0.05) is 26.2 Å². The fourth-order valence-electron chi connectivity index (χ4n) is 2.98. The highest BCUT2D eigenvalue weighted by molar-refractivity contribution is 5.77. The minimum atomic E-state index is 0.0661. The van der Waals surface area contributed by atoms with Crippen molar-refractivity contribution >= 4 is 5.91 Å². The quantitative estimate of drug-likeness (QED) is 0.783. The predicted molar refractivity (Wildman–Crippen MR) is 102 cm³/mol. The van der Waals surface area contributed by atoms with Crippen LogP contribution in [0.15, 0.2) is 24.3 Å². The monoisotopic (exact) mass is 347 g/mol. The van der Waals surface area contributed by atoms with Crippen LogP contribution in [0.1, 0.15) is 39.2 Å². The van der Waals surface area contributed by atoms with Crippen LogP contribution in [-0.4, -0.2) is 61.6 Å². The van der Waals surface area contributed by atoms with Crippen LogP contribution in [-0.2, 0) is 10.2 Å². The summed E-state index contributed by atoms with van der Waals surface area (Å²) in [5, 5.41) is 0. The smallest absolute Gasteiger partial charge is 0.260 e. The Balaban J connectivity index is 1.77. The van der Waals surface area contributed by atoms with Gasteiger partial charge in [-0.1, -0.05) is 32.9 Å². The highest BCUT2D eigenvalue weighted by Gasteiger charge is 2.21. The molecule has 1 aromatic rings. The molecule has 0 bridgehead atoms. The molecule has 1 saturated heterocycles. The van der Waals surface area contributed by atoms with Crippen LogP contribution in [0.5, 0.6) is 5.75 Å². The number of benzene rings is 1. The number of amides is 1. The molecule has 140 valence electrons. The summed E-state index contributed by atoms with van der Waals surface area (Å²) in [5.74, 6) is 0.821. The Labute approximate surface area is 152 Å². The summed E-state index contributed by atoms with van der Waals surface area (Å²) in [6.07, 6.45) is 2.10. The Kier molecular flexibility index (Phi) is 7.26. The lowest BCUT2D eigenvalue weighted by Crippen LogP contribution is -2.50. The fraction of sp³-hybridized carbons (Fsp3) is 0.650. The molecule has 2 rings (SSSR count). The molecule has 0 atom stereocenters. The van der Waals surface area contributed by atoms with Gasteiger partial charge in [-0.05, 0) is 49.0 Å². The van der Waals surface area contributed by atoms with Gasteiger partial charge in [-0.15, -0.1) is 0 Å². The largest absolute Gasteiger partial charge is 0.484 e. The number of ether oxygens (including phenoxy) is 1. The van der Waals surface area contributed by atoms with E-state index in [1.54, 1.807) is 0 Å². The predicted octanol–water partition coefficient (Wildman–Crippen LogP) is 2.25. The van der Waals surface area contributed by atoms with Gasteiger partial charge >= 0.3 is 0 Å². The van der Waals surface area contributed by atoms with Crippen molar-refractivity contribution in [2.75, 3.05) is 45.9 Å². The molecule has 0 unspecified atom stereocenters. The SMILES string of the molecule is CCC(C)(C)c1ccc(OCC(=O)N2CCN(CCCN)CC2)cc1. The van der Waals surface area contributed by atoms with Crippen molar-refractivity contribution in [3.05, 3.63) is 29.8 Å². The Bertz CT molecular complexity index is 534. The van der Waals surface area contributed by atoms with E-state index in [-0.39, 0.29) is 17.9 Å². The van der Waals surface area contributed by atoms with Crippen LogP contribution in [0.25, 0.3) is 0 Å². The molecule has 1 amide bonds. The van der Waals surface area contributed by atoms with Crippen LogP contribution in [0.4, 0.5) is 0 Å². The normalized spacial score (nSPS) is 16.1. The van der Waals surface area contributed by atoms with Gasteiger partial charge in [0.25, 0.3) is 5.91 Å². The van der Waals surface area contributed by atoms with Gasteiger partial charge in [-0.2, -0.15) is 0 Å². The van der Waals surface area contributed by atoms with Gasteiger partial charge < -0.3 is 15.4 Å². The van der Waals surface area contributed by atoms with Crippen molar-refractivity contribution < 1.29 is 9.53 Å². The summed E-state index contributed by atoms with van der Waals surface area (Å²) in [4.78, 5) is 16.6. The average molecular weight is 348 g/mol.